The van der Waals surface area contributed by atoms with Crippen molar-refractivity contribution in [2.45, 2.75) is 180 Å². The Bertz CT molecular complexity index is 2390. The second-order valence-corrected chi connectivity index (χ2v) is 22.2. The molecule has 0 radical (unpaired) electrons. The van der Waals surface area contributed by atoms with Crippen LogP contribution < -0.4 is 41.4 Å². The van der Waals surface area contributed by atoms with E-state index in [2.05, 4.69) is 24.7 Å². The molecule has 0 saturated heterocycles. The maximum Gasteiger partial charge on any atom is 0.329 e. The molecular formula is C44H70N8O9S2. The Kier molecular flexibility index (Phi) is 15.6. The number of carbonyl (C=O) groups is 2. The third-order valence-corrected chi connectivity index (χ3v) is 14.8. The number of hydrogen-bond donors (Lipinski definition) is 6. The van der Waals surface area contributed by atoms with Crippen molar-refractivity contribution in [3.05, 3.63) is 44.5 Å². The molecule has 0 spiro atoms. The van der Waals surface area contributed by atoms with Crippen molar-refractivity contribution in [2.24, 2.45) is 27.2 Å². The number of aliphatic imine (C=N–C) groups is 2. The Morgan fingerprint density at radius 3 is 1.49 bits per heavy atom. The summed E-state index contributed by atoms with van der Waals surface area (Å²) in [6, 6.07) is -2.13. The molecule has 0 aliphatic carbocycles. The lowest BCUT2D eigenvalue weighted by Gasteiger charge is -2.35. The number of rotatable bonds is 15. The number of nitrogens with zero attached hydrogens (tertiary/aromatic N) is 2. The number of hydrogen-bond acceptors (Lipinski definition) is 12. The van der Waals surface area contributed by atoms with Gasteiger partial charge in [-0.1, -0.05) is 0 Å². The molecule has 2 heterocycles. The van der Waals surface area contributed by atoms with Gasteiger partial charge in [0.05, 0.1) is 15.8 Å². The van der Waals surface area contributed by atoms with Crippen LogP contribution in [0.2, 0.25) is 0 Å². The van der Waals surface area contributed by atoms with Crippen LogP contribution in [0.15, 0.2) is 19.8 Å². The van der Waals surface area contributed by atoms with Crippen LogP contribution in [-0.4, -0.2) is 82.6 Å². The second kappa shape index (κ2) is 19.2. The SMILES string of the molecule is Cc1c(C)c(S(=O)(=O)NC(N)=NCCCC(N)C(=O)NC(CCCN=C(N)NS(=O)(=O)c2c(C)c(C)c3c(c2C)CCC(C)(C)O3)C(=O)OC(C)(C)C)c(C)c2c1OC(C)(C)CC2. The van der Waals surface area contributed by atoms with Gasteiger partial charge < -0.3 is 36.7 Å². The average molecular weight is 919 g/mol. The van der Waals surface area contributed by atoms with Crippen LogP contribution in [0.1, 0.15) is 131 Å². The molecule has 2 unspecified atom stereocenters. The Morgan fingerprint density at radius 1 is 0.698 bits per heavy atom. The quantitative estimate of drug-likeness (QED) is 0.0631. The summed E-state index contributed by atoms with van der Waals surface area (Å²) in [5.41, 5.74) is 22.3. The van der Waals surface area contributed by atoms with Crippen LogP contribution in [0.4, 0.5) is 0 Å². The molecule has 2 atom stereocenters. The highest BCUT2D eigenvalue weighted by Crippen LogP contribution is 2.43. The van der Waals surface area contributed by atoms with Crippen molar-refractivity contribution in [3.63, 3.8) is 0 Å². The summed E-state index contributed by atoms with van der Waals surface area (Å²) in [5.74, 6) is -0.479. The van der Waals surface area contributed by atoms with Gasteiger partial charge in [0.15, 0.2) is 0 Å². The summed E-state index contributed by atoms with van der Waals surface area (Å²) in [4.78, 5) is 35.1. The van der Waals surface area contributed by atoms with Crippen LogP contribution >= 0.6 is 0 Å². The van der Waals surface area contributed by atoms with Gasteiger partial charge in [-0.25, -0.2) is 31.1 Å². The van der Waals surface area contributed by atoms with E-state index in [1.165, 1.54) is 0 Å². The maximum absolute atomic E-state index is 13.6. The van der Waals surface area contributed by atoms with Gasteiger partial charge in [-0.05, 0) is 186 Å². The van der Waals surface area contributed by atoms with Crippen molar-refractivity contribution in [3.8, 4) is 11.5 Å². The van der Waals surface area contributed by atoms with Crippen LogP contribution in [0.5, 0.6) is 11.5 Å². The fourth-order valence-corrected chi connectivity index (χ4v) is 11.0. The standard InChI is InChI=1S/C44H70N8O9S2/c1-24-26(3)36(28(5)30-18-20-43(10,11)59-34(24)30)62(55,56)51-40(46)48-22-14-16-32(45)38(53)50-33(39(54)61-42(7,8)9)17-15-23-49-41(47)52-63(57,58)37-27(4)25(2)35-31(29(37)6)19-21-44(12,13)60-35/h32-33H,14-23,45H2,1-13H3,(H,50,53)(H3,46,48,51)(H3,47,49,52). The van der Waals surface area contributed by atoms with E-state index < -0.39 is 49.6 Å². The molecule has 2 aromatic carbocycles. The first-order valence-corrected chi connectivity index (χ1v) is 24.4. The summed E-state index contributed by atoms with van der Waals surface area (Å²) in [6.45, 7) is 23.9. The monoisotopic (exact) mass is 918 g/mol. The third-order valence-electron chi connectivity index (χ3n) is 11.6. The molecule has 1 amide bonds. The minimum absolute atomic E-state index is 0.0286. The van der Waals surface area contributed by atoms with E-state index in [1.807, 2.05) is 41.5 Å². The molecule has 0 aromatic heterocycles. The zero-order valence-corrected chi connectivity index (χ0v) is 41.0. The molecule has 2 aliphatic rings. The van der Waals surface area contributed by atoms with E-state index in [0.717, 1.165) is 46.6 Å². The zero-order chi connectivity index (χ0) is 47.6. The summed E-state index contributed by atoms with van der Waals surface area (Å²) in [7, 11) is -8.21. The first-order valence-electron chi connectivity index (χ1n) is 21.5. The fourth-order valence-electron chi connectivity index (χ4n) is 7.98. The number of amides is 1. The van der Waals surface area contributed by atoms with Gasteiger partial charge in [0, 0.05) is 13.1 Å². The van der Waals surface area contributed by atoms with E-state index in [1.54, 1.807) is 48.5 Å². The van der Waals surface area contributed by atoms with Crippen molar-refractivity contribution in [1.82, 2.24) is 14.8 Å². The fraction of sp³-hybridized carbons (Fsp3) is 0.636. The van der Waals surface area contributed by atoms with Gasteiger partial charge in [0.25, 0.3) is 20.0 Å². The highest BCUT2D eigenvalue weighted by atomic mass is 32.2. The lowest BCUT2D eigenvalue weighted by molar-refractivity contribution is -0.159. The highest BCUT2D eigenvalue weighted by molar-refractivity contribution is 7.90. The minimum Gasteiger partial charge on any atom is -0.487 e. The molecule has 19 heteroatoms. The van der Waals surface area contributed by atoms with Gasteiger partial charge in [-0.2, -0.15) is 0 Å². The van der Waals surface area contributed by atoms with Gasteiger partial charge >= 0.3 is 5.97 Å². The van der Waals surface area contributed by atoms with E-state index in [-0.39, 0.29) is 71.7 Å². The summed E-state index contributed by atoms with van der Waals surface area (Å²) in [6.07, 6.45) is 3.56. The Hall–Kier alpha value is -4.62. The number of esters is 1. The molecule has 17 nitrogen and oxygen atoms in total. The van der Waals surface area contributed by atoms with Gasteiger partial charge in [-0.15, -0.1) is 0 Å². The molecule has 4 rings (SSSR count). The number of carbonyl (C=O) groups excluding carboxylic acids is 2. The molecule has 9 N–H and O–H groups in total. The predicted octanol–water partition coefficient (Wildman–Crippen LogP) is 4.34. The average Bonchev–Trinajstić information content (AvgIpc) is 3.13. The van der Waals surface area contributed by atoms with Crippen molar-refractivity contribution in [2.75, 3.05) is 13.1 Å². The zero-order valence-electron chi connectivity index (χ0n) is 39.3. The summed E-state index contributed by atoms with van der Waals surface area (Å²) in [5, 5.41) is 2.67. The summed E-state index contributed by atoms with van der Waals surface area (Å²) >= 11 is 0. The van der Waals surface area contributed by atoms with Crippen LogP contribution in [0, 0.1) is 41.5 Å². The Labute approximate surface area is 374 Å². The molecule has 0 bridgehead atoms. The molecule has 0 fully saturated rings. The van der Waals surface area contributed by atoms with Gasteiger partial charge in [0.2, 0.25) is 17.8 Å². The molecule has 0 saturated carbocycles. The predicted molar refractivity (Wildman–Crippen MR) is 245 cm³/mol. The van der Waals surface area contributed by atoms with Gasteiger partial charge in [0.1, 0.15) is 34.3 Å². The van der Waals surface area contributed by atoms with E-state index in [9.17, 15) is 26.4 Å². The van der Waals surface area contributed by atoms with Crippen molar-refractivity contribution < 1.29 is 40.6 Å². The maximum atomic E-state index is 13.6. The number of benzene rings is 2. The lowest BCUT2D eigenvalue weighted by atomic mass is 9.88. The van der Waals surface area contributed by atoms with Crippen LogP contribution in [0.3, 0.4) is 0 Å². The normalized spacial score (nSPS) is 17.3. The molecule has 2 aliphatic heterocycles. The topological polar surface area (TPSA) is 269 Å². The number of guanidine groups is 2. The molecule has 2 aromatic rings. The second-order valence-electron chi connectivity index (χ2n) is 19.0. The lowest BCUT2D eigenvalue weighted by Crippen LogP contribution is -2.50. The smallest absolute Gasteiger partial charge is 0.329 e. The Morgan fingerprint density at radius 2 is 1.10 bits per heavy atom. The number of nitrogens with two attached hydrogens (primary N) is 3. The number of sulfonamides is 2. The molecule has 352 valence electrons. The first-order chi connectivity index (χ1) is 28.9. The van der Waals surface area contributed by atoms with E-state index in [0.29, 0.717) is 35.1 Å². The number of fused-ring (bicyclic) bond motifs is 2. The number of ether oxygens (including phenoxy) is 3. The Balaban J connectivity index is 1.34. The summed E-state index contributed by atoms with van der Waals surface area (Å²) < 4.78 is 77.3. The van der Waals surface area contributed by atoms with Crippen LogP contribution in [-0.2, 0) is 47.2 Å². The van der Waals surface area contributed by atoms with Crippen LogP contribution in [0.25, 0.3) is 0 Å². The first kappa shape index (κ1) is 51.0. The number of nitrogens with one attached hydrogen (secondary N) is 3. The molecule has 63 heavy (non-hydrogen) atoms. The van der Waals surface area contributed by atoms with Crippen molar-refractivity contribution >= 4 is 43.8 Å². The largest absolute Gasteiger partial charge is 0.487 e. The highest BCUT2D eigenvalue weighted by Gasteiger charge is 2.36. The molecular weight excluding hydrogens is 849 g/mol. The van der Waals surface area contributed by atoms with Crippen molar-refractivity contribution in [1.29, 1.82) is 0 Å². The minimum atomic E-state index is -4.12. The van der Waals surface area contributed by atoms with Gasteiger partial charge in [-0.3, -0.25) is 14.8 Å². The van der Waals surface area contributed by atoms with E-state index in [4.69, 9.17) is 31.4 Å². The third kappa shape index (κ3) is 12.6. The van der Waals surface area contributed by atoms with E-state index >= 15 is 0 Å².